The smallest absolute Gasteiger partial charge is 0.0541 e. The van der Waals surface area contributed by atoms with Gasteiger partial charge in [-0.05, 0) is 121 Å². The van der Waals surface area contributed by atoms with Crippen molar-refractivity contribution < 1.29 is 0 Å². The third-order valence-corrected chi connectivity index (χ3v) is 12.8. The average molecular weight is 607 g/mol. The van der Waals surface area contributed by atoms with Crippen molar-refractivity contribution in [3.05, 3.63) is 143 Å². The largest absolute Gasteiger partial charge is 0.310 e. The van der Waals surface area contributed by atoms with Crippen molar-refractivity contribution in [2.24, 2.45) is 11.8 Å². The molecule has 2 nitrogen and oxygen atoms in total. The molecule has 0 saturated heterocycles. The van der Waals surface area contributed by atoms with Crippen LogP contribution in [0.4, 0.5) is 0 Å². The lowest BCUT2D eigenvalue weighted by Gasteiger charge is -2.42. The zero-order valence-corrected chi connectivity index (χ0v) is 26.7. The highest BCUT2D eigenvalue weighted by Crippen LogP contribution is 2.71. The van der Waals surface area contributed by atoms with Crippen molar-refractivity contribution in [2.45, 2.75) is 55.8 Å². The molecule has 7 aromatic rings. The molecule has 4 fully saturated rings. The lowest BCUT2D eigenvalue weighted by Crippen LogP contribution is -2.36. The highest BCUT2D eigenvalue weighted by atomic mass is 15.0. The van der Waals surface area contributed by atoms with Gasteiger partial charge < -0.3 is 9.13 Å². The van der Waals surface area contributed by atoms with Crippen LogP contribution in [0, 0.1) is 11.8 Å². The van der Waals surface area contributed by atoms with Gasteiger partial charge in [-0.3, -0.25) is 0 Å². The SMILES string of the molecule is C1=c2c(n(-c3cccc(C45CC6CC(C4)C(c4cccc(-n7c8ccccc8c8ccccc87)c4)(C6)C5)c3)c3ccccc23)=CCC1. The van der Waals surface area contributed by atoms with Crippen molar-refractivity contribution in [3.63, 3.8) is 0 Å². The van der Waals surface area contributed by atoms with E-state index in [0.717, 1.165) is 24.7 Å². The molecular formula is C45H38N2. The van der Waals surface area contributed by atoms with E-state index >= 15 is 0 Å². The van der Waals surface area contributed by atoms with Crippen LogP contribution in [0.3, 0.4) is 0 Å². The van der Waals surface area contributed by atoms with Crippen LogP contribution in [0.15, 0.2) is 121 Å². The first kappa shape index (κ1) is 26.3. The molecule has 5 aliphatic rings. The molecule has 228 valence electrons. The fourth-order valence-electron chi connectivity index (χ4n) is 11.2. The van der Waals surface area contributed by atoms with E-state index in [2.05, 4.69) is 143 Å². The van der Waals surface area contributed by atoms with Crippen LogP contribution < -0.4 is 10.6 Å². The molecule has 0 radical (unpaired) electrons. The molecule has 0 N–H and O–H groups in total. The van der Waals surface area contributed by atoms with Gasteiger partial charge >= 0.3 is 0 Å². The first-order valence-electron chi connectivity index (χ1n) is 17.7. The fourth-order valence-corrected chi connectivity index (χ4v) is 11.2. The summed E-state index contributed by atoms with van der Waals surface area (Å²) in [5, 5.41) is 6.83. The highest BCUT2D eigenvalue weighted by molar-refractivity contribution is 6.09. The molecule has 2 aromatic heterocycles. The monoisotopic (exact) mass is 606 g/mol. The van der Waals surface area contributed by atoms with E-state index < -0.39 is 0 Å². The molecule has 0 spiro atoms. The number of nitrogens with zero attached hydrogens (tertiary/aromatic N) is 2. The van der Waals surface area contributed by atoms with E-state index in [9.17, 15) is 0 Å². The van der Waals surface area contributed by atoms with Crippen LogP contribution in [-0.2, 0) is 10.8 Å². The van der Waals surface area contributed by atoms with Crippen molar-refractivity contribution in [2.75, 3.05) is 0 Å². The van der Waals surface area contributed by atoms with Gasteiger partial charge in [0.1, 0.15) is 0 Å². The van der Waals surface area contributed by atoms with Gasteiger partial charge in [-0.25, -0.2) is 0 Å². The summed E-state index contributed by atoms with van der Waals surface area (Å²) >= 11 is 0. The van der Waals surface area contributed by atoms with E-state index in [1.807, 2.05) is 0 Å². The predicted octanol–water partition coefficient (Wildman–Crippen LogP) is 9.48. The quantitative estimate of drug-likeness (QED) is 0.189. The van der Waals surface area contributed by atoms with Crippen LogP contribution in [0.25, 0.3) is 56.2 Å². The Kier molecular flexibility index (Phi) is 5.24. The Morgan fingerprint density at radius 2 is 1.15 bits per heavy atom. The van der Waals surface area contributed by atoms with E-state index in [0.29, 0.717) is 0 Å². The Morgan fingerprint density at radius 3 is 1.91 bits per heavy atom. The Balaban J connectivity index is 1.03. The molecular weight excluding hydrogens is 569 g/mol. The lowest BCUT2D eigenvalue weighted by molar-refractivity contribution is 0.219. The second kappa shape index (κ2) is 9.38. The minimum absolute atomic E-state index is 0.254. The zero-order valence-electron chi connectivity index (χ0n) is 26.7. The number of aromatic nitrogens is 2. The highest BCUT2D eigenvalue weighted by Gasteiger charge is 2.64. The zero-order chi connectivity index (χ0) is 30.7. The molecule has 2 heterocycles. The summed E-state index contributed by atoms with van der Waals surface area (Å²) in [4.78, 5) is 0. The average Bonchev–Trinajstić information content (AvgIpc) is 3.79. The maximum atomic E-state index is 2.57. The van der Waals surface area contributed by atoms with E-state index in [1.54, 1.807) is 11.1 Å². The Hall–Kier alpha value is -4.82. The molecule has 5 aromatic carbocycles. The minimum Gasteiger partial charge on any atom is -0.310 e. The number of para-hydroxylation sites is 3. The minimum atomic E-state index is 0.254. The second-order valence-electron chi connectivity index (χ2n) is 15.1. The van der Waals surface area contributed by atoms with Crippen LogP contribution in [0.2, 0.25) is 0 Å². The number of benzene rings is 5. The second-order valence-corrected chi connectivity index (χ2v) is 15.1. The Morgan fingerprint density at radius 1 is 0.532 bits per heavy atom. The number of hydrogen-bond acceptors (Lipinski definition) is 0. The maximum Gasteiger partial charge on any atom is 0.0541 e. The van der Waals surface area contributed by atoms with Gasteiger partial charge in [-0.2, -0.15) is 0 Å². The molecule has 4 bridgehead atoms. The number of rotatable bonds is 4. The van der Waals surface area contributed by atoms with E-state index in [4.69, 9.17) is 0 Å². The van der Waals surface area contributed by atoms with E-state index in [1.165, 1.54) is 86.8 Å². The summed E-state index contributed by atoms with van der Waals surface area (Å²) in [6, 6.07) is 46.2. The van der Waals surface area contributed by atoms with Crippen molar-refractivity contribution in [1.29, 1.82) is 0 Å². The molecule has 12 rings (SSSR count). The van der Waals surface area contributed by atoms with Gasteiger partial charge in [0.15, 0.2) is 0 Å². The summed E-state index contributed by atoms with van der Waals surface area (Å²) in [6.45, 7) is 0. The fraction of sp³-hybridized carbons (Fsp3) is 0.244. The summed E-state index contributed by atoms with van der Waals surface area (Å²) in [6.07, 6.45) is 13.8. The van der Waals surface area contributed by atoms with Crippen molar-refractivity contribution in [1.82, 2.24) is 9.13 Å². The molecule has 4 atom stereocenters. The van der Waals surface area contributed by atoms with Crippen molar-refractivity contribution in [3.8, 4) is 11.4 Å². The Bertz CT molecular complexity index is 2490. The van der Waals surface area contributed by atoms with Gasteiger partial charge in [0.05, 0.1) is 16.6 Å². The molecule has 4 unspecified atom stereocenters. The van der Waals surface area contributed by atoms with Crippen molar-refractivity contribution >= 4 is 44.9 Å². The first-order valence-corrected chi connectivity index (χ1v) is 17.7. The molecule has 0 amide bonds. The van der Waals surface area contributed by atoms with Gasteiger partial charge in [-0.15, -0.1) is 0 Å². The summed E-state index contributed by atoms with van der Waals surface area (Å²) in [5.74, 6) is 1.56. The third-order valence-electron chi connectivity index (χ3n) is 12.8. The summed E-state index contributed by atoms with van der Waals surface area (Å²) in [5.41, 5.74) is 10.2. The molecule has 2 heteroatoms. The molecule has 4 saturated carbocycles. The number of hydrogen-bond donors (Lipinski definition) is 0. The molecule has 0 aliphatic heterocycles. The van der Waals surface area contributed by atoms with Crippen LogP contribution >= 0.6 is 0 Å². The molecule has 47 heavy (non-hydrogen) atoms. The normalized spacial score (nSPS) is 25.8. The topological polar surface area (TPSA) is 9.86 Å². The predicted molar refractivity (Wildman–Crippen MR) is 195 cm³/mol. The number of fused-ring (bicyclic) bond motifs is 6. The van der Waals surface area contributed by atoms with Crippen LogP contribution in [0.1, 0.15) is 56.1 Å². The summed E-state index contributed by atoms with van der Waals surface area (Å²) < 4.78 is 5.04. The van der Waals surface area contributed by atoms with Gasteiger partial charge in [0.2, 0.25) is 0 Å². The van der Waals surface area contributed by atoms with Crippen LogP contribution in [0.5, 0.6) is 0 Å². The first-order chi connectivity index (χ1) is 23.2. The van der Waals surface area contributed by atoms with Gasteiger partial charge in [0.25, 0.3) is 0 Å². The molecule has 5 aliphatic carbocycles. The van der Waals surface area contributed by atoms with Crippen LogP contribution in [-0.4, -0.2) is 9.13 Å². The van der Waals surface area contributed by atoms with Gasteiger partial charge in [0, 0.05) is 38.1 Å². The van der Waals surface area contributed by atoms with Gasteiger partial charge in [-0.1, -0.05) is 91.0 Å². The summed E-state index contributed by atoms with van der Waals surface area (Å²) in [7, 11) is 0. The lowest BCUT2D eigenvalue weighted by atomic mass is 9.62. The third kappa shape index (κ3) is 3.51. The maximum absolute atomic E-state index is 2.57. The van der Waals surface area contributed by atoms with E-state index in [-0.39, 0.29) is 10.8 Å². The Labute approximate surface area is 275 Å². The standard InChI is InChI=1S/C45H38N2/c1-5-19-40-36(15-1)37-16-2-6-20-41(37)46(40)34-13-9-11-31(24-34)44-26-30-23-33(28-44)45(27-30,29-44)32-12-10-14-35(25-32)47-42-21-7-3-17-38(42)39-18-4-8-22-43(39)47/h1,3-5,7-22,24-25,30,33H,2,6,23,26-29H2.